The van der Waals surface area contributed by atoms with Gasteiger partial charge in [-0.25, -0.2) is 4.39 Å². The number of nitrogens with two attached hydrogens (primary N) is 1. The highest BCUT2D eigenvalue weighted by atomic mass is 19.1. The first kappa shape index (κ1) is 11.2. The number of aliphatic hydroxyl groups is 1. The molecule has 0 spiro atoms. The summed E-state index contributed by atoms with van der Waals surface area (Å²) in [5.74, 6) is -0.329. The van der Waals surface area contributed by atoms with Crippen molar-refractivity contribution in [3.8, 4) is 0 Å². The molecule has 3 nitrogen and oxygen atoms in total. The van der Waals surface area contributed by atoms with Gasteiger partial charge in [-0.2, -0.15) is 0 Å². The monoisotopic (exact) mass is 224 g/mol. The smallest absolute Gasteiger partial charge is 0.125 e. The topological polar surface area (TPSA) is 49.5 Å². The zero-order valence-corrected chi connectivity index (χ0v) is 9.41. The van der Waals surface area contributed by atoms with Crippen LogP contribution in [0.1, 0.15) is 19.8 Å². The number of benzene rings is 1. The van der Waals surface area contributed by atoms with Crippen LogP contribution in [-0.4, -0.2) is 23.8 Å². The zero-order chi connectivity index (χ0) is 11.8. The number of nitrogens with zero attached hydrogens (tertiary/aromatic N) is 1. The van der Waals surface area contributed by atoms with E-state index in [4.69, 9.17) is 5.73 Å². The van der Waals surface area contributed by atoms with Crippen LogP contribution >= 0.6 is 0 Å². The van der Waals surface area contributed by atoms with Crippen molar-refractivity contribution in [2.75, 3.05) is 23.7 Å². The lowest BCUT2D eigenvalue weighted by Gasteiger charge is -2.38. The Labute approximate surface area is 94.7 Å². The first-order valence-electron chi connectivity index (χ1n) is 5.50. The van der Waals surface area contributed by atoms with Gasteiger partial charge in [-0.1, -0.05) is 0 Å². The van der Waals surface area contributed by atoms with Crippen LogP contribution in [0.15, 0.2) is 18.2 Å². The lowest BCUT2D eigenvalue weighted by atomic mass is 9.94. The molecule has 0 saturated carbocycles. The van der Waals surface area contributed by atoms with Crippen molar-refractivity contribution in [2.24, 2.45) is 0 Å². The van der Waals surface area contributed by atoms with Crippen molar-refractivity contribution in [3.05, 3.63) is 24.0 Å². The summed E-state index contributed by atoms with van der Waals surface area (Å²) in [6, 6.07) is 4.39. The van der Waals surface area contributed by atoms with Crippen LogP contribution in [0.3, 0.4) is 0 Å². The molecule has 1 heterocycles. The van der Waals surface area contributed by atoms with Crippen LogP contribution in [0.4, 0.5) is 15.8 Å². The number of hydrogen-bond donors (Lipinski definition) is 2. The minimum atomic E-state index is -0.681. The van der Waals surface area contributed by atoms with Crippen molar-refractivity contribution in [3.63, 3.8) is 0 Å². The van der Waals surface area contributed by atoms with Gasteiger partial charge in [-0.05, 0) is 38.0 Å². The molecule has 1 fully saturated rings. The number of nitrogen functional groups attached to an aromatic ring is 1. The molecule has 0 amide bonds. The van der Waals surface area contributed by atoms with Crippen LogP contribution in [0.5, 0.6) is 0 Å². The minimum absolute atomic E-state index is 0.329. The quantitative estimate of drug-likeness (QED) is 0.715. The fraction of sp³-hybridized carbons (Fsp3) is 0.500. The van der Waals surface area contributed by atoms with E-state index in [0.29, 0.717) is 12.2 Å². The number of piperidine rings is 1. The predicted molar refractivity (Wildman–Crippen MR) is 62.9 cm³/mol. The van der Waals surface area contributed by atoms with E-state index >= 15 is 0 Å². The Hall–Kier alpha value is -1.29. The molecule has 0 aromatic heterocycles. The third-order valence-corrected chi connectivity index (χ3v) is 3.01. The summed E-state index contributed by atoms with van der Waals surface area (Å²) in [7, 11) is 0. The molecule has 1 aliphatic heterocycles. The van der Waals surface area contributed by atoms with Crippen LogP contribution in [0.2, 0.25) is 0 Å². The van der Waals surface area contributed by atoms with E-state index in [-0.39, 0.29) is 5.82 Å². The maximum Gasteiger partial charge on any atom is 0.125 e. The summed E-state index contributed by atoms with van der Waals surface area (Å²) < 4.78 is 12.9. The van der Waals surface area contributed by atoms with Gasteiger partial charge in [-0.15, -0.1) is 0 Å². The Kier molecular flexibility index (Phi) is 2.76. The maximum absolute atomic E-state index is 12.9. The van der Waals surface area contributed by atoms with E-state index in [2.05, 4.69) is 0 Å². The summed E-state index contributed by atoms with van der Waals surface area (Å²) in [5, 5.41) is 10.00. The molecule has 3 N–H and O–H groups in total. The normalized spacial score (nSPS) is 25.8. The van der Waals surface area contributed by atoms with E-state index in [1.165, 1.54) is 12.1 Å². The first-order valence-corrected chi connectivity index (χ1v) is 5.50. The van der Waals surface area contributed by atoms with E-state index in [0.717, 1.165) is 25.1 Å². The molecule has 16 heavy (non-hydrogen) atoms. The third kappa shape index (κ3) is 2.27. The third-order valence-electron chi connectivity index (χ3n) is 3.01. The van der Waals surface area contributed by atoms with E-state index < -0.39 is 5.60 Å². The molecule has 0 aliphatic carbocycles. The SMILES string of the molecule is CC1(O)CCCN(c2ccc(F)cc2N)C1. The summed E-state index contributed by atoms with van der Waals surface area (Å²) >= 11 is 0. The molecule has 1 aliphatic rings. The van der Waals surface area contributed by atoms with Crippen LogP contribution in [0.25, 0.3) is 0 Å². The van der Waals surface area contributed by atoms with E-state index in [1.807, 2.05) is 11.8 Å². The second-order valence-electron chi connectivity index (χ2n) is 4.73. The molecule has 1 atom stereocenters. The maximum atomic E-state index is 12.9. The average Bonchev–Trinajstić information content (AvgIpc) is 2.15. The lowest BCUT2D eigenvalue weighted by molar-refractivity contribution is 0.0450. The van der Waals surface area contributed by atoms with Gasteiger partial charge in [0.2, 0.25) is 0 Å². The van der Waals surface area contributed by atoms with Gasteiger partial charge in [-0.3, -0.25) is 0 Å². The van der Waals surface area contributed by atoms with Gasteiger partial charge in [0.05, 0.1) is 17.0 Å². The molecule has 1 saturated heterocycles. The number of hydrogen-bond acceptors (Lipinski definition) is 3. The molecule has 1 aromatic rings. The lowest BCUT2D eigenvalue weighted by Crippen LogP contribution is -2.46. The largest absolute Gasteiger partial charge is 0.397 e. The Bertz CT molecular complexity index is 393. The van der Waals surface area contributed by atoms with Crippen LogP contribution < -0.4 is 10.6 Å². The fourth-order valence-electron chi connectivity index (χ4n) is 2.24. The van der Waals surface area contributed by atoms with Gasteiger partial charge in [0.25, 0.3) is 0 Å². The van der Waals surface area contributed by atoms with Crippen molar-refractivity contribution in [1.82, 2.24) is 0 Å². The van der Waals surface area contributed by atoms with Crippen molar-refractivity contribution in [2.45, 2.75) is 25.4 Å². The molecular formula is C12H17FN2O. The molecule has 4 heteroatoms. The minimum Gasteiger partial charge on any atom is -0.397 e. The molecule has 0 radical (unpaired) electrons. The summed E-state index contributed by atoms with van der Waals surface area (Å²) in [6.07, 6.45) is 1.72. The number of β-amino-alcohol motifs (C(OH)–C–C–N with tert-alkyl or cyclic N) is 1. The summed E-state index contributed by atoms with van der Waals surface area (Å²) in [6.45, 7) is 3.22. The molecule has 1 unspecified atom stereocenters. The van der Waals surface area contributed by atoms with Crippen LogP contribution in [0, 0.1) is 5.82 Å². The van der Waals surface area contributed by atoms with E-state index in [1.54, 1.807) is 6.07 Å². The summed E-state index contributed by atoms with van der Waals surface area (Å²) in [5.41, 5.74) is 6.33. The molecule has 88 valence electrons. The van der Waals surface area contributed by atoms with Gasteiger partial charge >= 0.3 is 0 Å². The fourth-order valence-corrected chi connectivity index (χ4v) is 2.24. The highest BCUT2D eigenvalue weighted by Crippen LogP contribution is 2.29. The molecular weight excluding hydrogens is 207 g/mol. The van der Waals surface area contributed by atoms with Gasteiger partial charge in [0.1, 0.15) is 5.82 Å². The average molecular weight is 224 g/mol. The predicted octanol–water partition coefficient (Wildman–Crippen LogP) is 1.76. The summed E-state index contributed by atoms with van der Waals surface area (Å²) in [4.78, 5) is 2.01. The van der Waals surface area contributed by atoms with Crippen molar-refractivity contribution < 1.29 is 9.50 Å². The Morgan fingerprint density at radius 2 is 2.25 bits per heavy atom. The Morgan fingerprint density at radius 3 is 2.88 bits per heavy atom. The zero-order valence-electron chi connectivity index (χ0n) is 9.41. The van der Waals surface area contributed by atoms with Crippen LogP contribution in [-0.2, 0) is 0 Å². The first-order chi connectivity index (χ1) is 7.48. The van der Waals surface area contributed by atoms with Crippen molar-refractivity contribution in [1.29, 1.82) is 0 Å². The number of anilines is 2. The van der Waals surface area contributed by atoms with Gasteiger partial charge in [0.15, 0.2) is 0 Å². The van der Waals surface area contributed by atoms with Gasteiger partial charge < -0.3 is 15.7 Å². The second kappa shape index (κ2) is 3.94. The Morgan fingerprint density at radius 1 is 1.50 bits per heavy atom. The standard InChI is InChI=1S/C12H17FN2O/c1-12(16)5-2-6-15(8-12)11-4-3-9(13)7-10(11)14/h3-4,7,16H,2,5-6,8,14H2,1H3. The Balaban J connectivity index is 2.23. The van der Waals surface area contributed by atoms with Crippen molar-refractivity contribution >= 4 is 11.4 Å². The van der Waals surface area contributed by atoms with Gasteiger partial charge in [0, 0.05) is 13.1 Å². The molecule has 2 rings (SSSR count). The molecule has 0 bridgehead atoms. The van der Waals surface area contributed by atoms with E-state index in [9.17, 15) is 9.50 Å². The highest BCUT2D eigenvalue weighted by Gasteiger charge is 2.29. The number of rotatable bonds is 1. The molecule has 1 aromatic carbocycles. The highest BCUT2D eigenvalue weighted by molar-refractivity contribution is 5.67. The second-order valence-corrected chi connectivity index (χ2v) is 4.73. The number of halogens is 1.